The number of imidazole rings is 1. The summed E-state index contributed by atoms with van der Waals surface area (Å²) in [6, 6.07) is 20.5. The van der Waals surface area contributed by atoms with Crippen molar-refractivity contribution in [3.8, 4) is 17.2 Å². The predicted octanol–water partition coefficient (Wildman–Crippen LogP) is 5.85. The monoisotopic (exact) mass is 452 g/mol. The molecular formula is C29H28N2O3. The molecule has 0 saturated heterocycles. The van der Waals surface area contributed by atoms with Crippen LogP contribution in [0.15, 0.2) is 78.9 Å². The number of nitrogens with zero attached hydrogens (tertiary/aromatic N) is 2. The number of methoxy groups -OCH3 is 2. The number of rotatable bonds is 8. The molecule has 0 amide bonds. The smallest absolute Gasteiger partial charge is 0.161 e. The topological polar surface area (TPSA) is 45.5 Å². The first-order valence-corrected chi connectivity index (χ1v) is 11.5. The minimum absolute atomic E-state index is 0.553. The predicted molar refractivity (Wildman–Crippen MR) is 136 cm³/mol. The number of fused-ring (bicyclic) bond motifs is 2. The van der Waals surface area contributed by atoms with Crippen LogP contribution >= 0.6 is 0 Å². The second-order valence-electron chi connectivity index (χ2n) is 8.20. The van der Waals surface area contributed by atoms with Gasteiger partial charge in [-0.25, -0.2) is 4.98 Å². The van der Waals surface area contributed by atoms with E-state index in [0.717, 1.165) is 51.7 Å². The van der Waals surface area contributed by atoms with Gasteiger partial charge in [0.05, 0.1) is 31.8 Å². The number of hydrogen-bond acceptors (Lipinski definition) is 4. The summed E-state index contributed by atoms with van der Waals surface area (Å²) in [6.45, 7) is 1.26. The van der Waals surface area contributed by atoms with Crippen molar-refractivity contribution in [1.29, 1.82) is 0 Å². The lowest BCUT2D eigenvalue weighted by Gasteiger charge is -2.14. The molecule has 1 aliphatic rings. The van der Waals surface area contributed by atoms with Crippen LogP contribution in [0.3, 0.4) is 0 Å². The zero-order valence-electron chi connectivity index (χ0n) is 19.5. The second kappa shape index (κ2) is 9.87. The first-order chi connectivity index (χ1) is 16.8. The highest BCUT2D eigenvalue weighted by Crippen LogP contribution is 2.29. The number of para-hydroxylation sites is 2. The van der Waals surface area contributed by atoms with E-state index in [1.165, 1.54) is 5.56 Å². The first kappa shape index (κ1) is 21.8. The van der Waals surface area contributed by atoms with Gasteiger partial charge in [0, 0.05) is 12.0 Å². The molecule has 1 aromatic heterocycles. The molecule has 5 nitrogen and oxygen atoms in total. The van der Waals surface area contributed by atoms with E-state index in [-0.39, 0.29) is 0 Å². The summed E-state index contributed by atoms with van der Waals surface area (Å²) >= 11 is 0. The van der Waals surface area contributed by atoms with Gasteiger partial charge in [0.1, 0.15) is 18.2 Å². The van der Waals surface area contributed by atoms with Crippen molar-refractivity contribution in [2.45, 2.75) is 19.4 Å². The second-order valence-corrected chi connectivity index (χ2v) is 8.20. The highest BCUT2D eigenvalue weighted by molar-refractivity contribution is 5.76. The molecule has 172 valence electrons. The summed E-state index contributed by atoms with van der Waals surface area (Å²) < 4.78 is 19.4. The summed E-state index contributed by atoms with van der Waals surface area (Å²) in [5, 5.41) is 0. The van der Waals surface area contributed by atoms with Gasteiger partial charge in [-0.3, -0.25) is 0 Å². The van der Waals surface area contributed by atoms with Gasteiger partial charge in [0.25, 0.3) is 0 Å². The minimum Gasteiger partial charge on any atom is -0.493 e. The molecule has 1 aliphatic carbocycles. The Balaban J connectivity index is 1.39. The van der Waals surface area contributed by atoms with E-state index >= 15 is 0 Å². The average Bonchev–Trinajstić information content (AvgIpc) is 3.03. The van der Waals surface area contributed by atoms with Crippen molar-refractivity contribution in [1.82, 2.24) is 9.55 Å². The lowest BCUT2D eigenvalue weighted by Crippen LogP contribution is -2.12. The van der Waals surface area contributed by atoms with Gasteiger partial charge in [0.15, 0.2) is 11.5 Å². The summed E-state index contributed by atoms with van der Waals surface area (Å²) in [5.74, 6) is 3.36. The molecule has 0 N–H and O–H groups in total. The molecule has 0 spiro atoms. The summed E-state index contributed by atoms with van der Waals surface area (Å²) in [5.41, 5.74) is 5.65. The van der Waals surface area contributed by atoms with E-state index in [1.54, 1.807) is 14.2 Å². The van der Waals surface area contributed by atoms with Gasteiger partial charge in [-0.15, -0.1) is 0 Å². The highest BCUT2D eigenvalue weighted by atomic mass is 16.5. The van der Waals surface area contributed by atoms with E-state index in [4.69, 9.17) is 19.2 Å². The van der Waals surface area contributed by atoms with Crippen molar-refractivity contribution < 1.29 is 14.2 Å². The van der Waals surface area contributed by atoms with Crippen molar-refractivity contribution >= 4 is 17.1 Å². The fourth-order valence-corrected chi connectivity index (χ4v) is 4.44. The highest BCUT2D eigenvalue weighted by Gasteiger charge is 2.14. The molecule has 34 heavy (non-hydrogen) atoms. The molecule has 4 aromatic rings. The fourth-order valence-electron chi connectivity index (χ4n) is 4.44. The molecule has 0 bridgehead atoms. The van der Waals surface area contributed by atoms with Crippen LogP contribution in [0.25, 0.3) is 17.1 Å². The third-order valence-electron chi connectivity index (χ3n) is 6.12. The molecule has 1 heterocycles. The van der Waals surface area contributed by atoms with E-state index in [2.05, 4.69) is 65.3 Å². The fraction of sp³-hybridized carbons (Fsp3) is 0.207. The molecule has 0 unspecified atom stereocenters. The standard InChI is InChI=1S/C29H28N2O3/c1-32-27-16-15-21(19-28(27)33-2)20-29-30-24-12-6-7-13-25(24)31(29)17-18-34-26-14-8-10-22-9-4-3-5-11-23(22)26/h3-8,10-16,19H,9,17-18,20H2,1-2H3. The maximum atomic E-state index is 6.29. The number of hydrogen-bond donors (Lipinski definition) is 0. The first-order valence-electron chi connectivity index (χ1n) is 11.5. The van der Waals surface area contributed by atoms with Crippen LogP contribution in [0.5, 0.6) is 17.2 Å². The van der Waals surface area contributed by atoms with Gasteiger partial charge in [-0.1, -0.05) is 54.6 Å². The minimum atomic E-state index is 0.553. The Hall–Kier alpha value is -3.99. The van der Waals surface area contributed by atoms with Crippen LogP contribution in [0.1, 0.15) is 22.5 Å². The lowest BCUT2D eigenvalue weighted by atomic mass is 10.0. The van der Waals surface area contributed by atoms with E-state index in [0.29, 0.717) is 19.6 Å². The Kier molecular flexibility index (Phi) is 6.34. The molecule has 5 rings (SSSR count). The van der Waals surface area contributed by atoms with Crippen molar-refractivity contribution in [3.63, 3.8) is 0 Å². The third-order valence-corrected chi connectivity index (χ3v) is 6.12. The number of ether oxygens (including phenoxy) is 3. The van der Waals surface area contributed by atoms with Gasteiger partial charge >= 0.3 is 0 Å². The SMILES string of the molecule is COc1ccc(Cc2nc3ccccc3n2CCOc2cccc3c2C=CC=CC3)cc1OC. The molecule has 3 aromatic carbocycles. The molecular weight excluding hydrogens is 424 g/mol. The molecule has 5 heteroatoms. The maximum absolute atomic E-state index is 6.29. The van der Waals surface area contributed by atoms with Crippen LogP contribution in [-0.4, -0.2) is 30.4 Å². The van der Waals surface area contributed by atoms with Crippen LogP contribution in [0.4, 0.5) is 0 Å². The summed E-state index contributed by atoms with van der Waals surface area (Å²) in [6.07, 6.45) is 10.1. The van der Waals surface area contributed by atoms with Crippen LogP contribution in [-0.2, 0) is 19.4 Å². The number of aromatic nitrogens is 2. The Labute approximate surface area is 199 Å². The van der Waals surface area contributed by atoms with Crippen molar-refractivity contribution in [3.05, 3.63) is 101 Å². The van der Waals surface area contributed by atoms with Crippen LogP contribution in [0, 0.1) is 0 Å². The van der Waals surface area contributed by atoms with E-state index < -0.39 is 0 Å². The third kappa shape index (κ3) is 4.42. The van der Waals surface area contributed by atoms with E-state index in [1.807, 2.05) is 24.3 Å². The largest absolute Gasteiger partial charge is 0.493 e. The lowest BCUT2D eigenvalue weighted by molar-refractivity contribution is 0.297. The summed E-state index contributed by atoms with van der Waals surface area (Å²) in [4.78, 5) is 4.93. The Bertz CT molecular complexity index is 1370. The average molecular weight is 453 g/mol. The number of benzene rings is 3. The molecule has 0 atom stereocenters. The zero-order chi connectivity index (χ0) is 23.3. The summed E-state index contributed by atoms with van der Waals surface area (Å²) in [7, 11) is 3.30. The van der Waals surface area contributed by atoms with Crippen molar-refractivity contribution in [2.24, 2.45) is 0 Å². The van der Waals surface area contributed by atoms with Crippen molar-refractivity contribution in [2.75, 3.05) is 20.8 Å². The van der Waals surface area contributed by atoms with E-state index in [9.17, 15) is 0 Å². The van der Waals surface area contributed by atoms with Gasteiger partial charge in [0.2, 0.25) is 0 Å². The van der Waals surface area contributed by atoms with Crippen LogP contribution in [0.2, 0.25) is 0 Å². The normalized spacial score (nSPS) is 12.4. The Morgan fingerprint density at radius 1 is 0.882 bits per heavy atom. The Morgan fingerprint density at radius 2 is 1.76 bits per heavy atom. The molecule has 0 saturated carbocycles. The quantitative estimate of drug-likeness (QED) is 0.336. The van der Waals surface area contributed by atoms with Gasteiger partial charge < -0.3 is 18.8 Å². The molecule has 0 fully saturated rings. The molecule has 0 radical (unpaired) electrons. The maximum Gasteiger partial charge on any atom is 0.161 e. The molecule has 0 aliphatic heterocycles. The Morgan fingerprint density at radius 3 is 2.65 bits per heavy atom. The number of allylic oxidation sites excluding steroid dienone is 3. The van der Waals surface area contributed by atoms with Gasteiger partial charge in [-0.2, -0.15) is 0 Å². The van der Waals surface area contributed by atoms with Gasteiger partial charge in [-0.05, 0) is 47.9 Å². The van der Waals surface area contributed by atoms with Crippen LogP contribution < -0.4 is 14.2 Å². The zero-order valence-corrected chi connectivity index (χ0v) is 19.5.